The number of sulfonamides is 1. The lowest BCUT2D eigenvalue weighted by Crippen LogP contribution is -2.28. The SMILES string of the molecule is CC(C)(C)c1ccc(S(=O)(=O)NCCOc2ccc(F)c(F)c2)cc1. The molecule has 0 spiro atoms. The van der Waals surface area contributed by atoms with E-state index in [-0.39, 0.29) is 29.2 Å². The minimum Gasteiger partial charge on any atom is -0.492 e. The minimum atomic E-state index is -3.66. The van der Waals surface area contributed by atoms with Gasteiger partial charge in [0.25, 0.3) is 0 Å². The molecule has 0 bridgehead atoms. The van der Waals surface area contributed by atoms with Crippen LogP contribution in [0, 0.1) is 11.6 Å². The fourth-order valence-corrected chi connectivity index (χ4v) is 3.14. The second-order valence-corrected chi connectivity index (χ2v) is 8.36. The lowest BCUT2D eigenvalue weighted by molar-refractivity contribution is 0.319. The van der Waals surface area contributed by atoms with Crippen molar-refractivity contribution in [2.75, 3.05) is 13.2 Å². The molecule has 0 aliphatic rings. The van der Waals surface area contributed by atoms with Crippen LogP contribution >= 0.6 is 0 Å². The summed E-state index contributed by atoms with van der Waals surface area (Å²) in [7, 11) is -3.66. The Hall–Kier alpha value is -1.99. The van der Waals surface area contributed by atoms with Crippen molar-refractivity contribution in [3.05, 3.63) is 59.7 Å². The molecular weight excluding hydrogens is 348 g/mol. The van der Waals surface area contributed by atoms with Gasteiger partial charge in [-0.1, -0.05) is 32.9 Å². The predicted molar refractivity (Wildman–Crippen MR) is 92.2 cm³/mol. The van der Waals surface area contributed by atoms with E-state index in [1.165, 1.54) is 6.07 Å². The van der Waals surface area contributed by atoms with E-state index in [9.17, 15) is 17.2 Å². The van der Waals surface area contributed by atoms with Crippen LogP contribution in [0.5, 0.6) is 5.75 Å². The third kappa shape index (κ3) is 5.24. The first kappa shape index (κ1) is 19.3. The molecule has 0 aliphatic heterocycles. The number of ether oxygens (including phenoxy) is 1. The normalized spacial score (nSPS) is 12.2. The summed E-state index contributed by atoms with van der Waals surface area (Å²) in [6.45, 7) is 6.13. The van der Waals surface area contributed by atoms with Crippen molar-refractivity contribution in [2.45, 2.75) is 31.1 Å². The van der Waals surface area contributed by atoms with Crippen molar-refractivity contribution in [1.29, 1.82) is 0 Å². The Balaban J connectivity index is 1.92. The Labute approximate surface area is 146 Å². The number of halogens is 2. The number of hydrogen-bond acceptors (Lipinski definition) is 3. The maximum absolute atomic E-state index is 13.0. The van der Waals surface area contributed by atoms with E-state index >= 15 is 0 Å². The molecule has 0 heterocycles. The van der Waals surface area contributed by atoms with E-state index in [4.69, 9.17) is 4.74 Å². The Morgan fingerprint density at radius 1 is 1.00 bits per heavy atom. The van der Waals surface area contributed by atoms with E-state index in [0.717, 1.165) is 17.7 Å². The van der Waals surface area contributed by atoms with Gasteiger partial charge in [0.1, 0.15) is 12.4 Å². The van der Waals surface area contributed by atoms with Gasteiger partial charge in [-0.3, -0.25) is 0 Å². The molecule has 2 rings (SSSR count). The monoisotopic (exact) mass is 369 g/mol. The molecule has 0 aliphatic carbocycles. The number of nitrogens with one attached hydrogen (secondary N) is 1. The summed E-state index contributed by atoms with van der Waals surface area (Å²) in [6.07, 6.45) is 0. The molecule has 0 atom stereocenters. The highest BCUT2D eigenvalue weighted by Gasteiger charge is 2.17. The molecule has 4 nitrogen and oxygen atoms in total. The highest BCUT2D eigenvalue weighted by Crippen LogP contribution is 2.23. The van der Waals surface area contributed by atoms with Crippen LogP contribution < -0.4 is 9.46 Å². The molecule has 2 aromatic carbocycles. The quantitative estimate of drug-likeness (QED) is 0.792. The Morgan fingerprint density at radius 3 is 2.20 bits per heavy atom. The van der Waals surface area contributed by atoms with Crippen molar-refractivity contribution < 1.29 is 21.9 Å². The van der Waals surface area contributed by atoms with Crippen molar-refractivity contribution >= 4 is 10.0 Å². The lowest BCUT2D eigenvalue weighted by Gasteiger charge is -2.19. The maximum Gasteiger partial charge on any atom is 0.240 e. The highest BCUT2D eigenvalue weighted by atomic mass is 32.2. The van der Waals surface area contributed by atoms with E-state index in [0.29, 0.717) is 0 Å². The third-order valence-electron chi connectivity index (χ3n) is 3.58. The van der Waals surface area contributed by atoms with Crippen LogP contribution in [0.15, 0.2) is 47.4 Å². The number of hydrogen-bond donors (Lipinski definition) is 1. The number of rotatable bonds is 6. The standard InChI is InChI=1S/C18H21F2NO3S/c1-18(2,3)13-4-7-15(8-5-13)25(22,23)21-10-11-24-14-6-9-16(19)17(20)12-14/h4-9,12,21H,10-11H2,1-3H3. The predicted octanol–water partition coefficient (Wildman–Crippen LogP) is 3.62. The molecule has 0 saturated carbocycles. The van der Waals surface area contributed by atoms with Gasteiger partial charge in [0, 0.05) is 12.6 Å². The summed E-state index contributed by atoms with van der Waals surface area (Å²) in [5, 5.41) is 0. The van der Waals surface area contributed by atoms with Crippen molar-refractivity contribution in [3.8, 4) is 5.75 Å². The second kappa shape index (κ2) is 7.49. The van der Waals surface area contributed by atoms with Crippen LogP contribution in [0.2, 0.25) is 0 Å². The van der Waals surface area contributed by atoms with Gasteiger partial charge in [0.05, 0.1) is 4.90 Å². The van der Waals surface area contributed by atoms with Crippen LogP contribution in [0.3, 0.4) is 0 Å². The molecular formula is C18H21F2NO3S. The van der Waals surface area contributed by atoms with Gasteiger partial charge in [-0.2, -0.15) is 0 Å². The van der Waals surface area contributed by atoms with Crippen molar-refractivity contribution in [2.24, 2.45) is 0 Å². The van der Waals surface area contributed by atoms with Crippen molar-refractivity contribution in [3.63, 3.8) is 0 Å². The summed E-state index contributed by atoms with van der Waals surface area (Å²) in [4.78, 5) is 0.160. The summed E-state index contributed by atoms with van der Waals surface area (Å²) in [5.74, 6) is -1.85. The van der Waals surface area contributed by atoms with E-state index in [1.54, 1.807) is 24.3 Å². The number of benzene rings is 2. The van der Waals surface area contributed by atoms with Crippen LogP contribution in [-0.2, 0) is 15.4 Å². The molecule has 0 radical (unpaired) electrons. The van der Waals surface area contributed by atoms with Gasteiger partial charge in [0.15, 0.2) is 11.6 Å². The molecule has 0 saturated heterocycles. The molecule has 0 fully saturated rings. The Bertz CT molecular complexity index is 828. The summed E-state index contributed by atoms with van der Waals surface area (Å²) in [6, 6.07) is 9.82. The molecule has 0 unspecified atom stereocenters. The molecule has 0 aromatic heterocycles. The van der Waals surface area contributed by atoms with Gasteiger partial charge in [-0.05, 0) is 35.2 Å². The van der Waals surface area contributed by atoms with Gasteiger partial charge in [-0.25, -0.2) is 21.9 Å². The first-order valence-electron chi connectivity index (χ1n) is 7.78. The van der Waals surface area contributed by atoms with Crippen molar-refractivity contribution in [1.82, 2.24) is 4.72 Å². The minimum absolute atomic E-state index is 0.00233. The summed E-state index contributed by atoms with van der Waals surface area (Å²) < 4.78 is 57.9. The second-order valence-electron chi connectivity index (χ2n) is 6.60. The average Bonchev–Trinajstić information content (AvgIpc) is 2.54. The van der Waals surface area contributed by atoms with Gasteiger partial charge in [0.2, 0.25) is 10.0 Å². The largest absolute Gasteiger partial charge is 0.492 e. The zero-order chi connectivity index (χ0) is 18.7. The highest BCUT2D eigenvalue weighted by molar-refractivity contribution is 7.89. The lowest BCUT2D eigenvalue weighted by atomic mass is 9.87. The maximum atomic E-state index is 13.0. The molecule has 2 aromatic rings. The van der Waals surface area contributed by atoms with Crippen LogP contribution in [0.1, 0.15) is 26.3 Å². The molecule has 0 amide bonds. The first-order valence-corrected chi connectivity index (χ1v) is 9.26. The third-order valence-corrected chi connectivity index (χ3v) is 5.06. The zero-order valence-electron chi connectivity index (χ0n) is 14.3. The van der Waals surface area contributed by atoms with E-state index in [1.807, 2.05) is 20.8 Å². The van der Waals surface area contributed by atoms with Crippen LogP contribution in [-0.4, -0.2) is 21.6 Å². The molecule has 7 heteroatoms. The molecule has 1 N–H and O–H groups in total. The fourth-order valence-electron chi connectivity index (χ4n) is 2.13. The fraction of sp³-hybridized carbons (Fsp3) is 0.333. The van der Waals surface area contributed by atoms with Gasteiger partial charge >= 0.3 is 0 Å². The van der Waals surface area contributed by atoms with E-state index < -0.39 is 21.7 Å². The van der Waals surface area contributed by atoms with Gasteiger partial charge < -0.3 is 4.74 Å². The van der Waals surface area contributed by atoms with E-state index in [2.05, 4.69) is 4.72 Å². The van der Waals surface area contributed by atoms with Crippen LogP contribution in [0.4, 0.5) is 8.78 Å². The summed E-state index contributed by atoms with van der Waals surface area (Å²) >= 11 is 0. The average molecular weight is 369 g/mol. The first-order chi connectivity index (χ1) is 11.6. The summed E-state index contributed by atoms with van der Waals surface area (Å²) in [5.41, 5.74) is 0.974. The van der Waals surface area contributed by atoms with Crippen LogP contribution in [0.25, 0.3) is 0 Å². The zero-order valence-corrected chi connectivity index (χ0v) is 15.2. The Morgan fingerprint density at radius 2 is 1.64 bits per heavy atom. The van der Waals surface area contributed by atoms with Gasteiger partial charge in [-0.15, -0.1) is 0 Å². The topological polar surface area (TPSA) is 55.4 Å². The smallest absolute Gasteiger partial charge is 0.240 e. The Kier molecular flexibility index (Phi) is 5.80. The molecule has 136 valence electrons. The molecule has 25 heavy (non-hydrogen) atoms.